The standard InChI is InChI=1S/C23H18ClNO/c1-2-25-23(26)22-19(12-7-13-21(22)24)20-14-15-8-3-4-9-16(15)17-10-5-6-11-18(17)20/h3-14H,2H2,1H3,(H,25,26). The zero-order valence-electron chi connectivity index (χ0n) is 14.4. The number of rotatable bonds is 3. The molecule has 4 aromatic rings. The van der Waals surface area contributed by atoms with E-state index in [4.69, 9.17) is 11.6 Å². The van der Waals surface area contributed by atoms with Crippen LogP contribution in [0.5, 0.6) is 0 Å². The molecule has 26 heavy (non-hydrogen) atoms. The first kappa shape index (κ1) is 16.6. The van der Waals surface area contributed by atoms with E-state index in [-0.39, 0.29) is 5.91 Å². The fraction of sp³-hybridized carbons (Fsp3) is 0.0870. The van der Waals surface area contributed by atoms with Crippen LogP contribution in [0.1, 0.15) is 17.3 Å². The fourth-order valence-corrected chi connectivity index (χ4v) is 3.77. The van der Waals surface area contributed by atoms with Gasteiger partial charge in [-0.2, -0.15) is 0 Å². The van der Waals surface area contributed by atoms with E-state index < -0.39 is 0 Å². The van der Waals surface area contributed by atoms with Crippen LogP contribution in [0.25, 0.3) is 32.7 Å². The van der Waals surface area contributed by atoms with Gasteiger partial charge in [0.1, 0.15) is 0 Å². The summed E-state index contributed by atoms with van der Waals surface area (Å²) in [7, 11) is 0. The Kier molecular flexibility index (Phi) is 4.36. The van der Waals surface area contributed by atoms with Crippen LogP contribution in [-0.4, -0.2) is 12.5 Å². The first-order chi connectivity index (χ1) is 12.7. The highest BCUT2D eigenvalue weighted by Gasteiger charge is 2.18. The molecular weight excluding hydrogens is 342 g/mol. The molecule has 2 nitrogen and oxygen atoms in total. The summed E-state index contributed by atoms with van der Waals surface area (Å²) in [4.78, 5) is 12.7. The van der Waals surface area contributed by atoms with Gasteiger partial charge in [0.15, 0.2) is 0 Å². The Morgan fingerprint density at radius 1 is 0.846 bits per heavy atom. The van der Waals surface area contributed by atoms with E-state index in [2.05, 4.69) is 35.6 Å². The third kappa shape index (κ3) is 2.73. The average molecular weight is 360 g/mol. The van der Waals surface area contributed by atoms with E-state index in [1.807, 2.05) is 43.3 Å². The molecule has 0 aliphatic heterocycles. The summed E-state index contributed by atoms with van der Waals surface area (Å²) in [5.74, 6) is -0.148. The van der Waals surface area contributed by atoms with Crippen molar-refractivity contribution in [1.29, 1.82) is 0 Å². The van der Waals surface area contributed by atoms with Gasteiger partial charge >= 0.3 is 0 Å². The first-order valence-electron chi connectivity index (χ1n) is 8.68. The molecular formula is C23H18ClNO. The summed E-state index contributed by atoms with van der Waals surface area (Å²) in [6.07, 6.45) is 0. The molecule has 1 amide bonds. The van der Waals surface area contributed by atoms with Crippen molar-refractivity contribution < 1.29 is 4.79 Å². The van der Waals surface area contributed by atoms with Crippen LogP contribution in [0.3, 0.4) is 0 Å². The van der Waals surface area contributed by atoms with Gasteiger partial charge in [-0.1, -0.05) is 72.3 Å². The Balaban J connectivity index is 2.09. The van der Waals surface area contributed by atoms with Crippen molar-refractivity contribution in [2.75, 3.05) is 6.54 Å². The highest BCUT2D eigenvalue weighted by molar-refractivity contribution is 6.35. The van der Waals surface area contributed by atoms with Crippen molar-refractivity contribution in [1.82, 2.24) is 5.32 Å². The number of hydrogen-bond acceptors (Lipinski definition) is 1. The number of nitrogens with one attached hydrogen (secondary N) is 1. The molecule has 3 heteroatoms. The number of carbonyl (C=O) groups excluding carboxylic acids is 1. The number of carbonyl (C=O) groups is 1. The van der Waals surface area contributed by atoms with Crippen LogP contribution < -0.4 is 5.32 Å². The van der Waals surface area contributed by atoms with Crippen LogP contribution in [0.2, 0.25) is 5.02 Å². The molecule has 0 saturated heterocycles. The zero-order valence-corrected chi connectivity index (χ0v) is 15.2. The Bertz CT molecular complexity index is 1130. The summed E-state index contributed by atoms with van der Waals surface area (Å²) in [5, 5.41) is 7.96. The van der Waals surface area contributed by atoms with E-state index in [0.29, 0.717) is 17.1 Å². The van der Waals surface area contributed by atoms with Gasteiger partial charge in [-0.3, -0.25) is 4.79 Å². The second-order valence-corrected chi connectivity index (χ2v) is 6.62. The number of hydrogen-bond donors (Lipinski definition) is 1. The van der Waals surface area contributed by atoms with Gasteiger partial charge in [-0.25, -0.2) is 0 Å². The minimum absolute atomic E-state index is 0.148. The summed E-state index contributed by atoms with van der Waals surface area (Å²) in [6, 6.07) is 24.4. The van der Waals surface area contributed by atoms with Gasteiger partial charge in [0.25, 0.3) is 5.91 Å². The molecule has 0 aliphatic carbocycles. The molecule has 0 bridgehead atoms. The molecule has 0 atom stereocenters. The lowest BCUT2D eigenvalue weighted by molar-refractivity contribution is 0.0956. The zero-order chi connectivity index (χ0) is 18.1. The monoisotopic (exact) mass is 359 g/mol. The number of benzene rings is 4. The third-order valence-corrected chi connectivity index (χ3v) is 4.95. The second kappa shape index (κ2) is 6.81. The number of fused-ring (bicyclic) bond motifs is 3. The molecule has 4 rings (SSSR count). The Labute approximate surface area is 157 Å². The van der Waals surface area contributed by atoms with Crippen LogP contribution in [0.4, 0.5) is 0 Å². The quantitative estimate of drug-likeness (QED) is 0.442. The predicted molar refractivity (Wildman–Crippen MR) is 110 cm³/mol. The van der Waals surface area contributed by atoms with Crippen LogP contribution in [0.15, 0.2) is 72.8 Å². The SMILES string of the molecule is CCNC(=O)c1c(Cl)cccc1-c1cc2ccccc2c2ccccc12. The first-order valence-corrected chi connectivity index (χ1v) is 9.06. The molecule has 0 fully saturated rings. The molecule has 1 N–H and O–H groups in total. The van der Waals surface area contributed by atoms with Crippen molar-refractivity contribution >= 4 is 39.1 Å². The van der Waals surface area contributed by atoms with Crippen LogP contribution in [-0.2, 0) is 0 Å². The highest BCUT2D eigenvalue weighted by atomic mass is 35.5. The van der Waals surface area contributed by atoms with Crippen molar-refractivity contribution in [2.45, 2.75) is 6.92 Å². The Hall–Kier alpha value is -2.84. The lowest BCUT2D eigenvalue weighted by atomic mass is 9.91. The summed E-state index contributed by atoms with van der Waals surface area (Å²) >= 11 is 6.42. The smallest absolute Gasteiger partial charge is 0.253 e. The molecule has 4 aromatic carbocycles. The van der Waals surface area contributed by atoms with Crippen molar-refractivity contribution in [3.8, 4) is 11.1 Å². The molecule has 0 saturated carbocycles. The van der Waals surface area contributed by atoms with Gasteiger partial charge in [0, 0.05) is 6.54 Å². The maximum Gasteiger partial charge on any atom is 0.253 e. The van der Waals surface area contributed by atoms with E-state index in [9.17, 15) is 4.79 Å². The van der Waals surface area contributed by atoms with E-state index >= 15 is 0 Å². The molecule has 0 radical (unpaired) electrons. The molecule has 0 aromatic heterocycles. The molecule has 0 spiro atoms. The van der Waals surface area contributed by atoms with Crippen molar-refractivity contribution in [3.05, 3.63) is 83.4 Å². The molecule has 0 aliphatic rings. The second-order valence-electron chi connectivity index (χ2n) is 6.21. The fourth-order valence-electron chi connectivity index (χ4n) is 3.51. The van der Waals surface area contributed by atoms with Crippen LogP contribution in [0, 0.1) is 0 Å². The summed E-state index contributed by atoms with van der Waals surface area (Å²) < 4.78 is 0. The molecule has 128 valence electrons. The summed E-state index contributed by atoms with van der Waals surface area (Å²) in [6.45, 7) is 2.46. The largest absolute Gasteiger partial charge is 0.352 e. The average Bonchev–Trinajstić information content (AvgIpc) is 2.67. The van der Waals surface area contributed by atoms with Gasteiger partial charge in [0.2, 0.25) is 0 Å². The van der Waals surface area contributed by atoms with Gasteiger partial charge in [-0.05, 0) is 51.7 Å². The normalized spacial score (nSPS) is 11.0. The van der Waals surface area contributed by atoms with Crippen LogP contribution >= 0.6 is 11.6 Å². The van der Waals surface area contributed by atoms with E-state index in [1.54, 1.807) is 6.07 Å². The van der Waals surface area contributed by atoms with E-state index in [0.717, 1.165) is 21.9 Å². The van der Waals surface area contributed by atoms with Gasteiger partial charge < -0.3 is 5.32 Å². The van der Waals surface area contributed by atoms with E-state index in [1.165, 1.54) is 10.8 Å². The van der Waals surface area contributed by atoms with Gasteiger partial charge in [0.05, 0.1) is 10.6 Å². The Morgan fingerprint density at radius 2 is 1.54 bits per heavy atom. The lowest BCUT2D eigenvalue weighted by Gasteiger charge is -2.15. The maximum atomic E-state index is 12.7. The highest BCUT2D eigenvalue weighted by Crippen LogP contribution is 2.37. The number of halogens is 1. The minimum atomic E-state index is -0.148. The Morgan fingerprint density at radius 3 is 2.31 bits per heavy atom. The molecule has 0 heterocycles. The van der Waals surface area contributed by atoms with Gasteiger partial charge in [-0.15, -0.1) is 0 Å². The number of amides is 1. The lowest BCUT2D eigenvalue weighted by Crippen LogP contribution is -2.23. The predicted octanol–water partition coefficient (Wildman–Crippen LogP) is 6.06. The van der Waals surface area contributed by atoms with Crippen molar-refractivity contribution in [3.63, 3.8) is 0 Å². The molecule has 0 unspecified atom stereocenters. The topological polar surface area (TPSA) is 29.1 Å². The third-order valence-electron chi connectivity index (χ3n) is 4.64. The van der Waals surface area contributed by atoms with Crippen molar-refractivity contribution in [2.24, 2.45) is 0 Å². The maximum absolute atomic E-state index is 12.7. The summed E-state index contributed by atoms with van der Waals surface area (Å²) in [5.41, 5.74) is 2.39. The minimum Gasteiger partial charge on any atom is -0.352 e.